The van der Waals surface area contributed by atoms with Gasteiger partial charge in [0.15, 0.2) is 9.84 Å². The predicted molar refractivity (Wildman–Crippen MR) is 62.6 cm³/mol. The Hall–Kier alpha value is -0.460. The lowest BCUT2D eigenvalue weighted by atomic mass is 10.3. The van der Waals surface area contributed by atoms with Crippen LogP contribution in [0.1, 0.15) is 24.0 Å². The molecule has 6 heteroatoms. The highest BCUT2D eigenvalue weighted by molar-refractivity contribution is 7.90. The van der Waals surface area contributed by atoms with E-state index in [1.807, 2.05) is 19.2 Å². The fourth-order valence-corrected chi connectivity index (χ4v) is 3.78. The van der Waals surface area contributed by atoms with Crippen LogP contribution in [0.3, 0.4) is 0 Å². The van der Waals surface area contributed by atoms with Gasteiger partial charge in [-0.05, 0) is 20.3 Å². The van der Waals surface area contributed by atoms with E-state index in [-0.39, 0.29) is 17.5 Å². The molecule has 0 aliphatic carbocycles. The van der Waals surface area contributed by atoms with E-state index in [1.165, 1.54) is 11.3 Å². The molecule has 15 heavy (non-hydrogen) atoms. The zero-order valence-corrected chi connectivity index (χ0v) is 10.6. The van der Waals surface area contributed by atoms with Crippen molar-refractivity contribution in [2.45, 2.75) is 32.1 Å². The van der Waals surface area contributed by atoms with E-state index in [9.17, 15) is 8.42 Å². The number of rotatable bonds is 5. The van der Waals surface area contributed by atoms with Crippen molar-refractivity contribution in [3.05, 3.63) is 16.1 Å². The van der Waals surface area contributed by atoms with Crippen molar-refractivity contribution in [1.29, 1.82) is 0 Å². The molecule has 1 aromatic rings. The molecule has 0 aliphatic rings. The molecule has 1 aromatic heterocycles. The van der Waals surface area contributed by atoms with Crippen LogP contribution in [0.25, 0.3) is 0 Å². The van der Waals surface area contributed by atoms with Crippen molar-refractivity contribution >= 4 is 21.2 Å². The summed E-state index contributed by atoms with van der Waals surface area (Å²) in [5.41, 5.74) is 6.39. The Morgan fingerprint density at radius 2 is 2.27 bits per heavy atom. The van der Waals surface area contributed by atoms with E-state index in [0.29, 0.717) is 11.4 Å². The molecular formula is C9H16N2O2S2. The van der Waals surface area contributed by atoms with Crippen LogP contribution < -0.4 is 5.73 Å². The highest BCUT2D eigenvalue weighted by atomic mass is 32.2. The van der Waals surface area contributed by atoms with Gasteiger partial charge in [-0.2, -0.15) is 0 Å². The van der Waals surface area contributed by atoms with Crippen LogP contribution in [-0.4, -0.2) is 25.2 Å². The molecule has 0 amide bonds. The van der Waals surface area contributed by atoms with Gasteiger partial charge in [0.25, 0.3) is 0 Å². The third kappa shape index (κ3) is 4.72. The van der Waals surface area contributed by atoms with Crippen molar-refractivity contribution in [3.63, 3.8) is 0 Å². The zero-order valence-electron chi connectivity index (χ0n) is 8.93. The van der Waals surface area contributed by atoms with Crippen LogP contribution in [0, 0.1) is 6.92 Å². The minimum atomic E-state index is -3.05. The van der Waals surface area contributed by atoms with Crippen molar-refractivity contribution < 1.29 is 8.42 Å². The summed E-state index contributed by atoms with van der Waals surface area (Å²) in [6.07, 6.45) is 0.507. The lowest BCUT2D eigenvalue weighted by Crippen LogP contribution is -2.20. The van der Waals surface area contributed by atoms with Crippen LogP contribution in [0.4, 0.5) is 0 Å². The maximum atomic E-state index is 11.6. The first-order chi connectivity index (χ1) is 6.89. The van der Waals surface area contributed by atoms with Gasteiger partial charge in [-0.3, -0.25) is 0 Å². The van der Waals surface area contributed by atoms with Crippen LogP contribution in [0.2, 0.25) is 0 Å². The van der Waals surface area contributed by atoms with Gasteiger partial charge >= 0.3 is 0 Å². The second-order valence-corrected chi connectivity index (χ2v) is 6.87. The first-order valence-corrected chi connectivity index (χ1v) is 7.46. The second kappa shape index (κ2) is 5.05. The van der Waals surface area contributed by atoms with E-state index in [1.54, 1.807) is 0 Å². The quantitative estimate of drug-likeness (QED) is 0.847. The number of hydrogen-bond acceptors (Lipinski definition) is 5. The smallest absolute Gasteiger partial charge is 0.156 e. The van der Waals surface area contributed by atoms with Crippen LogP contribution >= 0.6 is 11.3 Å². The summed E-state index contributed by atoms with van der Waals surface area (Å²) in [5.74, 6) is 0.182. The summed E-state index contributed by atoms with van der Waals surface area (Å²) in [7, 11) is -3.05. The van der Waals surface area contributed by atoms with Crippen molar-refractivity contribution in [3.8, 4) is 0 Å². The highest BCUT2D eigenvalue weighted by Crippen LogP contribution is 2.13. The molecule has 0 radical (unpaired) electrons. The number of hydrogen-bond donors (Lipinski definition) is 1. The number of aryl methyl sites for hydroxylation is 1. The third-order valence-electron chi connectivity index (χ3n) is 1.89. The molecule has 1 heterocycles. The Labute approximate surface area is 94.4 Å². The standard InChI is InChI=1S/C9H16N2O2S2/c1-7(10)3-4-15(12,13)6-9-11-8(2)5-14-9/h5,7H,3-4,6,10H2,1-2H3. The number of aromatic nitrogens is 1. The fourth-order valence-electron chi connectivity index (χ4n) is 1.09. The van der Waals surface area contributed by atoms with Gasteiger partial charge in [0.05, 0.1) is 5.75 Å². The summed E-state index contributed by atoms with van der Waals surface area (Å²) in [5, 5.41) is 2.52. The Bertz CT molecular complexity index is 410. The Kier molecular flexibility index (Phi) is 4.24. The van der Waals surface area contributed by atoms with Crippen molar-refractivity contribution in [2.75, 3.05) is 5.75 Å². The first-order valence-electron chi connectivity index (χ1n) is 4.76. The SMILES string of the molecule is Cc1csc(CS(=O)(=O)CCC(C)N)n1. The third-order valence-corrected chi connectivity index (χ3v) is 4.61. The molecule has 0 aromatic carbocycles. The van der Waals surface area contributed by atoms with E-state index < -0.39 is 9.84 Å². The summed E-state index contributed by atoms with van der Waals surface area (Å²) >= 11 is 1.39. The lowest BCUT2D eigenvalue weighted by Gasteiger charge is -2.04. The summed E-state index contributed by atoms with van der Waals surface area (Å²) < 4.78 is 23.2. The summed E-state index contributed by atoms with van der Waals surface area (Å²) in [4.78, 5) is 4.13. The molecule has 0 bridgehead atoms. The fraction of sp³-hybridized carbons (Fsp3) is 0.667. The van der Waals surface area contributed by atoms with Crippen LogP contribution in [-0.2, 0) is 15.6 Å². The monoisotopic (exact) mass is 248 g/mol. The molecule has 0 aliphatic heterocycles. The molecule has 1 unspecified atom stereocenters. The molecule has 2 N–H and O–H groups in total. The maximum absolute atomic E-state index is 11.6. The van der Waals surface area contributed by atoms with Gasteiger partial charge < -0.3 is 5.73 Å². The second-order valence-electron chi connectivity index (χ2n) is 3.74. The van der Waals surface area contributed by atoms with Crippen molar-refractivity contribution in [1.82, 2.24) is 4.98 Å². The normalized spacial score (nSPS) is 14.1. The molecule has 0 saturated carbocycles. The number of sulfone groups is 1. The highest BCUT2D eigenvalue weighted by Gasteiger charge is 2.14. The molecule has 0 spiro atoms. The average molecular weight is 248 g/mol. The molecule has 1 atom stereocenters. The largest absolute Gasteiger partial charge is 0.328 e. The van der Waals surface area contributed by atoms with E-state index in [4.69, 9.17) is 5.73 Å². The van der Waals surface area contributed by atoms with Gasteiger partial charge in [0.1, 0.15) is 10.8 Å². The van der Waals surface area contributed by atoms with E-state index in [0.717, 1.165) is 5.69 Å². The van der Waals surface area contributed by atoms with E-state index >= 15 is 0 Å². The van der Waals surface area contributed by atoms with E-state index in [2.05, 4.69) is 4.98 Å². The number of nitrogens with zero attached hydrogens (tertiary/aromatic N) is 1. The summed E-state index contributed by atoms with van der Waals surface area (Å²) in [6.45, 7) is 3.66. The molecular weight excluding hydrogens is 232 g/mol. The average Bonchev–Trinajstić information content (AvgIpc) is 2.47. The number of thiazole rings is 1. The minimum Gasteiger partial charge on any atom is -0.328 e. The van der Waals surface area contributed by atoms with Crippen LogP contribution in [0.15, 0.2) is 5.38 Å². The van der Waals surface area contributed by atoms with Gasteiger partial charge in [-0.1, -0.05) is 0 Å². The minimum absolute atomic E-state index is 0.0399. The van der Waals surface area contributed by atoms with Gasteiger partial charge in [0.2, 0.25) is 0 Å². The Morgan fingerprint density at radius 1 is 1.60 bits per heavy atom. The zero-order chi connectivity index (χ0) is 11.5. The predicted octanol–water partition coefficient (Wildman–Crippen LogP) is 1.10. The van der Waals surface area contributed by atoms with Gasteiger partial charge in [0, 0.05) is 17.1 Å². The molecule has 0 saturated heterocycles. The van der Waals surface area contributed by atoms with Crippen molar-refractivity contribution in [2.24, 2.45) is 5.73 Å². The molecule has 1 rings (SSSR count). The Morgan fingerprint density at radius 3 is 2.73 bits per heavy atom. The first kappa shape index (κ1) is 12.6. The Balaban J connectivity index is 2.57. The summed E-state index contributed by atoms with van der Waals surface area (Å²) in [6, 6.07) is -0.0715. The maximum Gasteiger partial charge on any atom is 0.156 e. The lowest BCUT2D eigenvalue weighted by molar-refractivity contribution is 0.586. The molecule has 4 nitrogen and oxygen atoms in total. The number of nitrogens with two attached hydrogens (primary N) is 1. The molecule has 0 fully saturated rings. The van der Waals surface area contributed by atoms with Gasteiger partial charge in [-0.15, -0.1) is 11.3 Å². The van der Waals surface area contributed by atoms with Crippen LogP contribution in [0.5, 0.6) is 0 Å². The molecule has 86 valence electrons. The van der Waals surface area contributed by atoms with Gasteiger partial charge in [-0.25, -0.2) is 13.4 Å². The topological polar surface area (TPSA) is 73.0 Å².